The van der Waals surface area contributed by atoms with Gasteiger partial charge in [-0.05, 0) is 31.2 Å². The summed E-state index contributed by atoms with van der Waals surface area (Å²) in [6, 6.07) is 1.45. The van der Waals surface area contributed by atoms with E-state index in [1.807, 2.05) is 24.2 Å². The van der Waals surface area contributed by atoms with Crippen molar-refractivity contribution in [2.24, 2.45) is 0 Å². The highest BCUT2D eigenvalue weighted by atomic mass is 32.2. The molecule has 3 aliphatic rings. The second-order valence-corrected chi connectivity index (χ2v) is 5.96. The minimum atomic E-state index is 0.708. The van der Waals surface area contributed by atoms with Crippen LogP contribution in [-0.2, 0) is 0 Å². The van der Waals surface area contributed by atoms with Crippen molar-refractivity contribution in [1.82, 2.24) is 14.5 Å². The molecule has 0 bridgehead atoms. The van der Waals surface area contributed by atoms with Gasteiger partial charge >= 0.3 is 0 Å². The minimum Gasteiger partial charge on any atom is -0.361 e. The lowest BCUT2D eigenvalue weighted by Gasteiger charge is -2.31. The standard InChI is InChI=1S/C14H21N3S/c1-18-17-11-16(10-12-6-4-5-9-15-12)13-7-2-3-8-14(13)17/h4-6,9-10,13-15H,2-3,7-8,11H2,1H3/b12-10-/t13-,14-/m1/s1. The molecule has 0 aromatic rings. The lowest BCUT2D eigenvalue weighted by molar-refractivity contribution is 0.264. The first-order chi connectivity index (χ1) is 8.88. The third kappa shape index (κ3) is 2.31. The summed E-state index contributed by atoms with van der Waals surface area (Å²) in [5.41, 5.74) is 1.20. The largest absolute Gasteiger partial charge is 0.361 e. The molecule has 2 aliphatic heterocycles. The first kappa shape index (κ1) is 12.2. The normalized spacial score (nSPS) is 33.8. The minimum absolute atomic E-state index is 0.708. The molecule has 1 N–H and O–H groups in total. The summed E-state index contributed by atoms with van der Waals surface area (Å²) >= 11 is 1.89. The van der Waals surface area contributed by atoms with Crippen molar-refractivity contribution in [1.29, 1.82) is 0 Å². The van der Waals surface area contributed by atoms with Gasteiger partial charge < -0.3 is 10.2 Å². The first-order valence-corrected chi connectivity index (χ1v) is 7.95. The van der Waals surface area contributed by atoms with Gasteiger partial charge in [-0.2, -0.15) is 0 Å². The fraction of sp³-hybridized carbons (Fsp3) is 0.571. The summed E-state index contributed by atoms with van der Waals surface area (Å²) in [6.45, 7) is 1.05. The Labute approximate surface area is 114 Å². The fourth-order valence-corrected chi connectivity index (χ4v) is 3.95. The van der Waals surface area contributed by atoms with E-state index in [0.29, 0.717) is 6.04 Å². The monoisotopic (exact) mass is 263 g/mol. The molecule has 0 aromatic heterocycles. The van der Waals surface area contributed by atoms with Crippen molar-refractivity contribution in [3.63, 3.8) is 0 Å². The lowest BCUT2D eigenvalue weighted by Crippen LogP contribution is -2.37. The van der Waals surface area contributed by atoms with Gasteiger partial charge in [0.25, 0.3) is 0 Å². The van der Waals surface area contributed by atoms with Gasteiger partial charge in [0.2, 0.25) is 0 Å². The molecule has 1 aliphatic carbocycles. The van der Waals surface area contributed by atoms with E-state index in [4.69, 9.17) is 0 Å². The van der Waals surface area contributed by atoms with Crippen LogP contribution in [0.3, 0.4) is 0 Å². The van der Waals surface area contributed by atoms with Crippen molar-refractivity contribution < 1.29 is 0 Å². The van der Waals surface area contributed by atoms with E-state index in [1.54, 1.807) is 0 Å². The zero-order valence-corrected chi connectivity index (χ0v) is 11.7. The van der Waals surface area contributed by atoms with Crippen molar-refractivity contribution in [2.45, 2.75) is 37.8 Å². The van der Waals surface area contributed by atoms with Gasteiger partial charge in [-0.15, -0.1) is 0 Å². The molecule has 1 saturated carbocycles. The van der Waals surface area contributed by atoms with Crippen LogP contribution in [0.15, 0.2) is 36.3 Å². The highest BCUT2D eigenvalue weighted by Crippen LogP contribution is 2.36. The number of allylic oxidation sites excluding steroid dienone is 3. The average molecular weight is 263 g/mol. The van der Waals surface area contributed by atoms with Crippen molar-refractivity contribution in [3.8, 4) is 0 Å². The van der Waals surface area contributed by atoms with Crippen molar-refractivity contribution in [2.75, 3.05) is 12.9 Å². The lowest BCUT2D eigenvalue weighted by atomic mass is 9.91. The molecular formula is C14H21N3S. The summed E-state index contributed by atoms with van der Waals surface area (Å²) in [7, 11) is 0. The molecule has 4 heteroatoms. The molecule has 0 spiro atoms. The summed E-state index contributed by atoms with van der Waals surface area (Å²) in [5, 5.41) is 3.30. The van der Waals surface area contributed by atoms with E-state index in [2.05, 4.69) is 39.1 Å². The van der Waals surface area contributed by atoms with Crippen LogP contribution in [0.2, 0.25) is 0 Å². The molecule has 3 nitrogen and oxygen atoms in total. The molecule has 2 fully saturated rings. The maximum absolute atomic E-state index is 3.30. The molecule has 98 valence electrons. The van der Waals surface area contributed by atoms with Crippen molar-refractivity contribution >= 4 is 11.9 Å². The van der Waals surface area contributed by atoms with Crippen LogP contribution in [0.4, 0.5) is 0 Å². The number of hydrogen-bond donors (Lipinski definition) is 1. The van der Waals surface area contributed by atoms with Gasteiger partial charge in [0.15, 0.2) is 0 Å². The number of nitrogens with one attached hydrogen (secondary N) is 1. The van der Waals surface area contributed by atoms with Gasteiger partial charge in [0.05, 0.1) is 12.4 Å². The van der Waals surface area contributed by atoms with Gasteiger partial charge in [-0.3, -0.25) is 0 Å². The summed E-state index contributed by atoms with van der Waals surface area (Å²) in [5.74, 6) is 0. The van der Waals surface area contributed by atoms with Gasteiger partial charge in [0, 0.05) is 24.5 Å². The maximum Gasteiger partial charge on any atom is 0.0805 e. The topological polar surface area (TPSA) is 18.5 Å². The molecule has 0 radical (unpaired) electrons. The highest BCUT2D eigenvalue weighted by Gasteiger charge is 2.39. The Morgan fingerprint density at radius 2 is 2.11 bits per heavy atom. The number of nitrogens with zero attached hydrogens (tertiary/aromatic N) is 2. The average Bonchev–Trinajstić information content (AvgIpc) is 2.78. The van der Waals surface area contributed by atoms with E-state index < -0.39 is 0 Å². The van der Waals surface area contributed by atoms with Crippen LogP contribution in [0.25, 0.3) is 0 Å². The van der Waals surface area contributed by atoms with Crippen LogP contribution < -0.4 is 5.32 Å². The Bertz CT molecular complexity index is 389. The van der Waals surface area contributed by atoms with Gasteiger partial charge in [-0.25, -0.2) is 4.31 Å². The zero-order chi connectivity index (χ0) is 12.4. The Kier molecular flexibility index (Phi) is 3.66. The smallest absolute Gasteiger partial charge is 0.0805 e. The number of dihydropyridines is 1. The Morgan fingerprint density at radius 3 is 2.83 bits per heavy atom. The van der Waals surface area contributed by atoms with Crippen LogP contribution in [0.1, 0.15) is 25.7 Å². The zero-order valence-electron chi connectivity index (χ0n) is 10.9. The Balaban J connectivity index is 1.75. The molecular weight excluding hydrogens is 242 g/mol. The molecule has 0 unspecified atom stereocenters. The maximum atomic E-state index is 3.30. The predicted octanol–water partition coefficient (Wildman–Crippen LogP) is 2.67. The van der Waals surface area contributed by atoms with Crippen LogP contribution in [0.5, 0.6) is 0 Å². The van der Waals surface area contributed by atoms with E-state index in [1.165, 1.54) is 31.4 Å². The van der Waals surface area contributed by atoms with E-state index in [0.717, 1.165) is 12.7 Å². The van der Waals surface area contributed by atoms with Crippen molar-refractivity contribution in [3.05, 3.63) is 36.3 Å². The fourth-order valence-electron chi connectivity index (χ4n) is 3.18. The molecule has 0 aromatic carbocycles. The summed E-state index contributed by atoms with van der Waals surface area (Å²) in [6.07, 6.45) is 18.2. The Morgan fingerprint density at radius 1 is 1.28 bits per heavy atom. The summed E-state index contributed by atoms with van der Waals surface area (Å²) < 4.78 is 2.54. The van der Waals surface area contributed by atoms with Crippen LogP contribution in [-0.4, -0.2) is 34.2 Å². The SMILES string of the molecule is CSN1CN(/C=C2/C=CC=CN2)[C@@H]2CCCC[C@H]21. The second-order valence-electron chi connectivity index (χ2n) is 5.12. The van der Waals surface area contributed by atoms with E-state index >= 15 is 0 Å². The molecule has 18 heavy (non-hydrogen) atoms. The molecule has 3 rings (SSSR count). The molecule has 2 atom stereocenters. The second kappa shape index (κ2) is 5.41. The van der Waals surface area contributed by atoms with E-state index in [9.17, 15) is 0 Å². The number of fused-ring (bicyclic) bond motifs is 1. The van der Waals surface area contributed by atoms with Crippen LogP contribution >= 0.6 is 11.9 Å². The molecule has 2 heterocycles. The third-order valence-corrected chi connectivity index (χ3v) is 4.92. The van der Waals surface area contributed by atoms with Crippen LogP contribution in [0, 0.1) is 0 Å². The first-order valence-electron chi connectivity index (χ1n) is 6.76. The molecule has 1 saturated heterocycles. The van der Waals surface area contributed by atoms with E-state index in [-0.39, 0.29) is 0 Å². The third-order valence-electron chi connectivity index (χ3n) is 4.07. The highest BCUT2D eigenvalue weighted by molar-refractivity contribution is 7.96. The molecule has 0 amide bonds. The summed E-state index contributed by atoms with van der Waals surface area (Å²) in [4.78, 5) is 2.52. The number of hydrogen-bond acceptors (Lipinski definition) is 4. The Hall–Kier alpha value is -0.870. The van der Waals surface area contributed by atoms with Gasteiger partial charge in [-0.1, -0.05) is 30.9 Å². The van der Waals surface area contributed by atoms with Gasteiger partial charge in [0.1, 0.15) is 0 Å². The number of rotatable bonds is 2. The predicted molar refractivity (Wildman–Crippen MR) is 77.6 cm³/mol. The quantitative estimate of drug-likeness (QED) is 0.772.